The standard InChI is InChI=1S/C11H14N4/c1-3-9-13-10-7(2)5-4-6-8(10)11(14-9)15-12/h4-6H,3,12H2,1-2H3,(H,13,14,15). The van der Waals surface area contributed by atoms with Gasteiger partial charge in [0.05, 0.1) is 5.52 Å². The van der Waals surface area contributed by atoms with E-state index < -0.39 is 0 Å². The van der Waals surface area contributed by atoms with Crippen LogP contribution < -0.4 is 11.3 Å². The van der Waals surface area contributed by atoms with Gasteiger partial charge in [0.1, 0.15) is 5.82 Å². The number of nitrogens with one attached hydrogen (secondary N) is 1. The van der Waals surface area contributed by atoms with Crippen LogP contribution in [0.5, 0.6) is 0 Å². The largest absolute Gasteiger partial charge is 0.308 e. The first-order chi connectivity index (χ1) is 7.26. The molecule has 0 amide bonds. The Morgan fingerprint density at radius 1 is 1.33 bits per heavy atom. The van der Waals surface area contributed by atoms with E-state index in [1.165, 1.54) is 0 Å². The predicted octanol–water partition coefficient (Wildman–Crippen LogP) is 1.79. The third-order valence-corrected chi connectivity index (χ3v) is 2.43. The summed E-state index contributed by atoms with van der Waals surface area (Å²) in [5.74, 6) is 6.95. The SMILES string of the molecule is CCc1nc(NN)c2cccc(C)c2n1. The van der Waals surface area contributed by atoms with Crippen LogP contribution in [0.15, 0.2) is 18.2 Å². The van der Waals surface area contributed by atoms with Crippen molar-refractivity contribution in [1.82, 2.24) is 9.97 Å². The summed E-state index contributed by atoms with van der Waals surface area (Å²) in [5.41, 5.74) is 4.73. The summed E-state index contributed by atoms with van der Waals surface area (Å²) < 4.78 is 0. The smallest absolute Gasteiger partial charge is 0.151 e. The van der Waals surface area contributed by atoms with Gasteiger partial charge in [-0.05, 0) is 18.6 Å². The number of anilines is 1. The second-order valence-electron chi connectivity index (χ2n) is 3.46. The van der Waals surface area contributed by atoms with Crippen LogP contribution in [0.1, 0.15) is 18.3 Å². The van der Waals surface area contributed by atoms with Crippen molar-refractivity contribution in [2.45, 2.75) is 20.3 Å². The normalized spacial score (nSPS) is 10.6. The minimum absolute atomic E-state index is 0.695. The Hall–Kier alpha value is -1.68. The van der Waals surface area contributed by atoms with Gasteiger partial charge in [-0.3, -0.25) is 0 Å². The van der Waals surface area contributed by atoms with Crippen LogP contribution >= 0.6 is 0 Å². The van der Waals surface area contributed by atoms with Crippen molar-refractivity contribution in [2.75, 3.05) is 5.43 Å². The van der Waals surface area contributed by atoms with Gasteiger partial charge in [0.15, 0.2) is 5.82 Å². The lowest BCUT2D eigenvalue weighted by Crippen LogP contribution is -2.11. The van der Waals surface area contributed by atoms with E-state index in [4.69, 9.17) is 5.84 Å². The molecule has 0 saturated heterocycles. The maximum atomic E-state index is 5.45. The summed E-state index contributed by atoms with van der Waals surface area (Å²) in [5, 5.41) is 0.967. The van der Waals surface area contributed by atoms with Gasteiger partial charge in [0, 0.05) is 11.8 Å². The highest BCUT2D eigenvalue weighted by Crippen LogP contribution is 2.22. The number of rotatable bonds is 2. The number of benzene rings is 1. The van der Waals surface area contributed by atoms with E-state index in [2.05, 4.69) is 15.4 Å². The lowest BCUT2D eigenvalue weighted by molar-refractivity contribution is 0.957. The van der Waals surface area contributed by atoms with E-state index in [-0.39, 0.29) is 0 Å². The second kappa shape index (κ2) is 3.82. The number of fused-ring (bicyclic) bond motifs is 1. The quantitative estimate of drug-likeness (QED) is 0.575. The van der Waals surface area contributed by atoms with E-state index in [0.717, 1.165) is 28.7 Å². The third kappa shape index (κ3) is 1.64. The van der Waals surface area contributed by atoms with E-state index >= 15 is 0 Å². The predicted molar refractivity (Wildman–Crippen MR) is 61.5 cm³/mol. The number of hydrogen-bond donors (Lipinski definition) is 2. The molecule has 0 spiro atoms. The zero-order chi connectivity index (χ0) is 10.8. The first-order valence-electron chi connectivity index (χ1n) is 4.99. The van der Waals surface area contributed by atoms with E-state index in [1.807, 2.05) is 32.0 Å². The van der Waals surface area contributed by atoms with Crippen LogP contribution in [0.3, 0.4) is 0 Å². The van der Waals surface area contributed by atoms with Gasteiger partial charge in [-0.2, -0.15) is 0 Å². The molecule has 0 atom stereocenters. The molecule has 0 aliphatic carbocycles. The molecule has 0 aliphatic rings. The van der Waals surface area contributed by atoms with Crippen LogP contribution in [0.25, 0.3) is 10.9 Å². The monoisotopic (exact) mass is 202 g/mol. The van der Waals surface area contributed by atoms with Crippen LogP contribution in [0.2, 0.25) is 0 Å². The highest BCUT2D eigenvalue weighted by molar-refractivity contribution is 5.90. The summed E-state index contributed by atoms with van der Waals surface area (Å²) >= 11 is 0. The molecule has 0 fully saturated rings. The minimum atomic E-state index is 0.695. The number of para-hydroxylation sites is 1. The molecule has 0 radical (unpaired) electrons. The van der Waals surface area contributed by atoms with Gasteiger partial charge in [-0.1, -0.05) is 19.1 Å². The fraction of sp³-hybridized carbons (Fsp3) is 0.273. The zero-order valence-electron chi connectivity index (χ0n) is 8.91. The van der Waals surface area contributed by atoms with E-state index in [1.54, 1.807) is 0 Å². The van der Waals surface area contributed by atoms with E-state index in [0.29, 0.717) is 5.82 Å². The van der Waals surface area contributed by atoms with Crippen molar-refractivity contribution in [3.05, 3.63) is 29.6 Å². The Morgan fingerprint density at radius 3 is 2.80 bits per heavy atom. The van der Waals surface area contributed by atoms with Gasteiger partial charge < -0.3 is 5.43 Å². The molecule has 4 nitrogen and oxygen atoms in total. The van der Waals surface area contributed by atoms with Crippen molar-refractivity contribution < 1.29 is 0 Å². The number of nitrogens with two attached hydrogens (primary N) is 1. The van der Waals surface area contributed by atoms with Crippen molar-refractivity contribution in [1.29, 1.82) is 0 Å². The minimum Gasteiger partial charge on any atom is -0.308 e. The summed E-state index contributed by atoms with van der Waals surface area (Å²) in [6.45, 7) is 4.06. The summed E-state index contributed by atoms with van der Waals surface area (Å²) in [4.78, 5) is 8.83. The lowest BCUT2D eigenvalue weighted by atomic mass is 10.1. The molecule has 4 heteroatoms. The molecule has 0 aliphatic heterocycles. The molecule has 2 rings (SSSR count). The summed E-state index contributed by atoms with van der Waals surface area (Å²) in [6.07, 6.45) is 0.805. The number of aryl methyl sites for hydroxylation is 2. The molecule has 1 aromatic carbocycles. The maximum absolute atomic E-state index is 5.45. The fourth-order valence-corrected chi connectivity index (χ4v) is 1.61. The first-order valence-corrected chi connectivity index (χ1v) is 4.99. The summed E-state index contributed by atoms with van der Waals surface area (Å²) in [6, 6.07) is 5.99. The maximum Gasteiger partial charge on any atom is 0.151 e. The molecular formula is C11H14N4. The lowest BCUT2D eigenvalue weighted by Gasteiger charge is -2.08. The third-order valence-electron chi connectivity index (χ3n) is 2.43. The van der Waals surface area contributed by atoms with Crippen LogP contribution in [0.4, 0.5) is 5.82 Å². The van der Waals surface area contributed by atoms with Gasteiger partial charge in [0.25, 0.3) is 0 Å². The molecule has 2 aromatic rings. The average Bonchev–Trinajstić information content (AvgIpc) is 2.28. The Bertz CT molecular complexity index is 493. The van der Waals surface area contributed by atoms with Crippen molar-refractivity contribution >= 4 is 16.7 Å². The molecule has 78 valence electrons. The van der Waals surface area contributed by atoms with Crippen molar-refractivity contribution in [3.8, 4) is 0 Å². The van der Waals surface area contributed by atoms with Crippen molar-refractivity contribution in [3.63, 3.8) is 0 Å². The van der Waals surface area contributed by atoms with Gasteiger partial charge in [0.2, 0.25) is 0 Å². The fourth-order valence-electron chi connectivity index (χ4n) is 1.61. The van der Waals surface area contributed by atoms with Crippen LogP contribution in [-0.4, -0.2) is 9.97 Å². The molecular weight excluding hydrogens is 188 g/mol. The number of nitrogen functional groups attached to an aromatic ring is 1. The van der Waals surface area contributed by atoms with Gasteiger partial charge in [-0.15, -0.1) is 0 Å². The molecule has 0 bridgehead atoms. The number of nitrogens with zero attached hydrogens (tertiary/aromatic N) is 2. The Kier molecular flexibility index (Phi) is 2.51. The Labute approximate surface area is 88.5 Å². The van der Waals surface area contributed by atoms with E-state index in [9.17, 15) is 0 Å². The van der Waals surface area contributed by atoms with Crippen LogP contribution in [-0.2, 0) is 6.42 Å². The topological polar surface area (TPSA) is 63.8 Å². The van der Waals surface area contributed by atoms with Crippen LogP contribution in [0, 0.1) is 6.92 Å². The van der Waals surface area contributed by atoms with Gasteiger partial charge in [-0.25, -0.2) is 15.8 Å². The summed E-state index contributed by atoms with van der Waals surface area (Å²) in [7, 11) is 0. The number of hydrazine groups is 1. The van der Waals surface area contributed by atoms with Gasteiger partial charge >= 0.3 is 0 Å². The average molecular weight is 202 g/mol. The molecule has 0 unspecified atom stereocenters. The highest BCUT2D eigenvalue weighted by atomic mass is 15.3. The Morgan fingerprint density at radius 2 is 2.13 bits per heavy atom. The second-order valence-corrected chi connectivity index (χ2v) is 3.46. The highest BCUT2D eigenvalue weighted by Gasteiger charge is 2.06. The molecule has 1 heterocycles. The number of aromatic nitrogens is 2. The number of hydrogen-bond acceptors (Lipinski definition) is 4. The molecule has 0 saturated carbocycles. The Balaban J connectivity index is 2.80. The van der Waals surface area contributed by atoms with Crippen molar-refractivity contribution in [2.24, 2.45) is 5.84 Å². The zero-order valence-corrected chi connectivity index (χ0v) is 8.91. The first kappa shape index (κ1) is 9.86. The molecule has 3 N–H and O–H groups in total. The molecule has 1 aromatic heterocycles. The molecule has 15 heavy (non-hydrogen) atoms.